The summed E-state index contributed by atoms with van der Waals surface area (Å²) in [5, 5.41) is 2.58. The average Bonchev–Trinajstić information content (AvgIpc) is 3.08. The molecule has 34 heavy (non-hydrogen) atoms. The second-order valence-electron chi connectivity index (χ2n) is 7.12. The first kappa shape index (κ1) is 23.3. The third kappa shape index (κ3) is 5.54. The fourth-order valence-electron chi connectivity index (χ4n) is 3.08. The second-order valence-corrected chi connectivity index (χ2v) is 8.55. The number of thioether (sulfide) groups is 1. The van der Waals surface area contributed by atoms with Crippen molar-refractivity contribution in [3.63, 3.8) is 0 Å². The first-order valence-corrected chi connectivity index (χ1v) is 11.3. The number of rotatable bonds is 6. The van der Waals surface area contributed by atoms with Gasteiger partial charge in [-0.3, -0.25) is 19.3 Å². The van der Waals surface area contributed by atoms with Gasteiger partial charge in [-0.05, 0) is 60.3 Å². The van der Waals surface area contributed by atoms with Gasteiger partial charge >= 0.3 is 5.97 Å². The summed E-state index contributed by atoms with van der Waals surface area (Å²) in [5.41, 5.74) is 1.31. The van der Waals surface area contributed by atoms with E-state index >= 15 is 0 Å². The van der Waals surface area contributed by atoms with E-state index in [9.17, 15) is 19.2 Å². The number of benzene rings is 3. The number of hydrogen-bond donors (Lipinski definition) is 1. The minimum Gasteiger partial charge on any atom is -0.422 e. The van der Waals surface area contributed by atoms with Crippen LogP contribution in [-0.4, -0.2) is 34.5 Å². The molecule has 4 rings (SSSR count). The van der Waals surface area contributed by atoms with Crippen molar-refractivity contribution in [1.29, 1.82) is 0 Å². The van der Waals surface area contributed by atoms with Crippen molar-refractivity contribution in [3.8, 4) is 5.75 Å². The molecule has 1 saturated heterocycles. The molecular formula is C25H17ClN2O5S. The van der Waals surface area contributed by atoms with Gasteiger partial charge < -0.3 is 10.1 Å². The van der Waals surface area contributed by atoms with Crippen molar-refractivity contribution in [1.82, 2.24) is 4.90 Å². The number of ether oxygens (including phenoxy) is 1. The SMILES string of the molecule is O=C(CN1C(=O)S/C(=C\c2ccccc2OC(=O)c2ccc(Cl)cc2)C1=O)Nc1ccccc1. The van der Waals surface area contributed by atoms with Crippen molar-refractivity contribution in [2.45, 2.75) is 0 Å². The molecule has 1 aliphatic rings. The van der Waals surface area contributed by atoms with E-state index in [1.807, 2.05) is 6.07 Å². The number of carbonyl (C=O) groups excluding carboxylic acids is 4. The molecule has 0 atom stereocenters. The maximum Gasteiger partial charge on any atom is 0.343 e. The Morgan fingerprint density at radius 1 is 0.941 bits per heavy atom. The Morgan fingerprint density at radius 3 is 2.35 bits per heavy atom. The van der Waals surface area contributed by atoms with Crippen molar-refractivity contribution in [3.05, 3.63) is 99.9 Å². The normalized spacial score (nSPS) is 14.4. The monoisotopic (exact) mass is 492 g/mol. The largest absolute Gasteiger partial charge is 0.422 e. The Bertz CT molecular complexity index is 1290. The van der Waals surface area contributed by atoms with E-state index in [1.54, 1.807) is 72.8 Å². The molecule has 0 spiro atoms. The first-order valence-electron chi connectivity index (χ1n) is 10.1. The van der Waals surface area contributed by atoms with Crippen LogP contribution in [0.5, 0.6) is 5.75 Å². The van der Waals surface area contributed by atoms with Crippen molar-refractivity contribution in [2.75, 3.05) is 11.9 Å². The third-order valence-corrected chi connectivity index (χ3v) is 5.88. The van der Waals surface area contributed by atoms with Crippen LogP contribution >= 0.6 is 23.4 Å². The number of nitrogens with one attached hydrogen (secondary N) is 1. The van der Waals surface area contributed by atoms with E-state index < -0.39 is 29.6 Å². The lowest BCUT2D eigenvalue weighted by atomic mass is 10.1. The average molecular weight is 493 g/mol. The summed E-state index contributed by atoms with van der Waals surface area (Å²) in [6.07, 6.45) is 1.46. The molecule has 1 fully saturated rings. The second kappa shape index (κ2) is 10.4. The van der Waals surface area contributed by atoms with Crippen LogP contribution < -0.4 is 10.1 Å². The Hall–Kier alpha value is -3.88. The number of nitrogens with zero attached hydrogens (tertiary/aromatic N) is 1. The number of halogens is 1. The zero-order chi connectivity index (χ0) is 24.1. The fourth-order valence-corrected chi connectivity index (χ4v) is 4.04. The van der Waals surface area contributed by atoms with Gasteiger partial charge in [0.2, 0.25) is 5.91 Å². The van der Waals surface area contributed by atoms with E-state index in [-0.39, 0.29) is 10.7 Å². The lowest BCUT2D eigenvalue weighted by Gasteiger charge is -2.12. The summed E-state index contributed by atoms with van der Waals surface area (Å²) in [5.74, 6) is -1.47. The number of anilines is 1. The maximum atomic E-state index is 12.8. The lowest BCUT2D eigenvalue weighted by molar-refractivity contribution is -0.127. The van der Waals surface area contributed by atoms with E-state index in [4.69, 9.17) is 16.3 Å². The Labute approximate surface area is 204 Å². The molecule has 0 saturated carbocycles. The molecule has 1 N–H and O–H groups in total. The maximum absolute atomic E-state index is 12.8. The zero-order valence-corrected chi connectivity index (χ0v) is 19.1. The number of para-hydroxylation sites is 2. The van der Waals surface area contributed by atoms with Crippen LogP contribution in [0.4, 0.5) is 10.5 Å². The van der Waals surface area contributed by atoms with E-state index in [0.29, 0.717) is 33.6 Å². The van der Waals surface area contributed by atoms with Crippen molar-refractivity contribution < 1.29 is 23.9 Å². The van der Waals surface area contributed by atoms with Gasteiger partial charge in [-0.1, -0.05) is 48.0 Å². The van der Waals surface area contributed by atoms with Crippen LogP contribution in [0.15, 0.2) is 83.8 Å². The van der Waals surface area contributed by atoms with Gasteiger partial charge in [0.05, 0.1) is 10.5 Å². The molecule has 7 nitrogen and oxygen atoms in total. The summed E-state index contributed by atoms with van der Waals surface area (Å²) in [6, 6.07) is 21.6. The van der Waals surface area contributed by atoms with Crippen LogP contribution in [0.2, 0.25) is 5.02 Å². The van der Waals surface area contributed by atoms with Crippen LogP contribution in [0.1, 0.15) is 15.9 Å². The zero-order valence-electron chi connectivity index (χ0n) is 17.6. The Balaban J connectivity index is 1.48. The molecule has 0 bridgehead atoms. The highest BCUT2D eigenvalue weighted by atomic mass is 35.5. The number of carbonyl (C=O) groups is 4. The molecule has 3 aromatic carbocycles. The molecule has 9 heteroatoms. The smallest absolute Gasteiger partial charge is 0.343 e. The van der Waals surface area contributed by atoms with E-state index in [2.05, 4.69) is 5.32 Å². The predicted molar refractivity (Wildman–Crippen MR) is 131 cm³/mol. The van der Waals surface area contributed by atoms with E-state index in [0.717, 1.165) is 4.90 Å². The summed E-state index contributed by atoms with van der Waals surface area (Å²) >= 11 is 6.57. The third-order valence-electron chi connectivity index (χ3n) is 4.72. The number of amides is 3. The van der Waals surface area contributed by atoms with Gasteiger partial charge in [-0.15, -0.1) is 0 Å². The lowest BCUT2D eigenvalue weighted by Crippen LogP contribution is -2.36. The van der Waals surface area contributed by atoms with Gasteiger partial charge in [-0.2, -0.15) is 0 Å². The van der Waals surface area contributed by atoms with Gasteiger partial charge in [0, 0.05) is 16.3 Å². The Kier molecular flexibility index (Phi) is 7.10. The Morgan fingerprint density at radius 2 is 1.62 bits per heavy atom. The summed E-state index contributed by atoms with van der Waals surface area (Å²) < 4.78 is 5.49. The van der Waals surface area contributed by atoms with Gasteiger partial charge in [0.1, 0.15) is 12.3 Å². The van der Waals surface area contributed by atoms with Crippen LogP contribution in [0, 0.1) is 0 Å². The minimum absolute atomic E-state index is 0.118. The standard InChI is InChI=1S/C25H17ClN2O5S/c26-18-12-10-16(11-13-18)24(31)33-20-9-5-4-6-17(20)14-21-23(30)28(25(32)34-21)15-22(29)27-19-7-2-1-3-8-19/h1-14H,15H2,(H,27,29)/b21-14-. The van der Waals surface area contributed by atoms with Crippen LogP contribution in [-0.2, 0) is 9.59 Å². The van der Waals surface area contributed by atoms with Crippen LogP contribution in [0.25, 0.3) is 6.08 Å². The topological polar surface area (TPSA) is 92.8 Å². The number of hydrogen-bond acceptors (Lipinski definition) is 6. The van der Waals surface area contributed by atoms with Gasteiger partial charge in [-0.25, -0.2) is 4.79 Å². The number of esters is 1. The fraction of sp³-hybridized carbons (Fsp3) is 0.0400. The summed E-state index contributed by atoms with van der Waals surface area (Å²) in [6.45, 7) is -0.413. The molecule has 3 aromatic rings. The molecule has 3 amide bonds. The molecule has 170 valence electrons. The predicted octanol–water partition coefficient (Wildman–Crippen LogP) is 5.23. The van der Waals surface area contributed by atoms with Crippen LogP contribution in [0.3, 0.4) is 0 Å². The number of imide groups is 1. The molecular weight excluding hydrogens is 476 g/mol. The quantitative estimate of drug-likeness (QED) is 0.287. The van der Waals surface area contributed by atoms with Gasteiger partial charge in [0.15, 0.2) is 0 Å². The van der Waals surface area contributed by atoms with Crippen molar-refractivity contribution in [2.24, 2.45) is 0 Å². The molecule has 0 aromatic heterocycles. The molecule has 0 unspecified atom stereocenters. The summed E-state index contributed by atoms with van der Waals surface area (Å²) in [4.78, 5) is 51.0. The molecule has 0 radical (unpaired) electrons. The van der Waals surface area contributed by atoms with Gasteiger partial charge in [0.25, 0.3) is 11.1 Å². The molecule has 0 aliphatic carbocycles. The van der Waals surface area contributed by atoms with Crippen molar-refractivity contribution >= 4 is 58.1 Å². The summed E-state index contributed by atoms with van der Waals surface area (Å²) in [7, 11) is 0. The minimum atomic E-state index is -0.600. The highest BCUT2D eigenvalue weighted by molar-refractivity contribution is 8.18. The first-order chi connectivity index (χ1) is 16.4. The highest BCUT2D eigenvalue weighted by Crippen LogP contribution is 2.34. The molecule has 1 aliphatic heterocycles. The van der Waals surface area contributed by atoms with E-state index in [1.165, 1.54) is 6.08 Å². The molecule has 1 heterocycles. The highest BCUT2D eigenvalue weighted by Gasteiger charge is 2.36.